The maximum Gasteiger partial charge on any atom is 0.384 e. The lowest BCUT2D eigenvalue weighted by molar-refractivity contribution is 0.0449. The Morgan fingerprint density at radius 3 is 2.00 bits per heavy atom. The van der Waals surface area contributed by atoms with Gasteiger partial charge in [0.25, 0.3) is 0 Å². The second kappa shape index (κ2) is 3.44. The third kappa shape index (κ3) is 3.28. The number of hydrogen-bond donors (Lipinski definition) is 1. The molecule has 10 heavy (non-hydrogen) atoms. The molecule has 0 aliphatic rings. The van der Waals surface area contributed by atoms with Gasteiger partial charge in [0.2, 0.25) is 0 Å². The van der Waals surface area contributed by atoms with Gasteiger partial charge in [-0.25, -0.2) is 0 Å². The summed E-state index contributed by atoms with van der Waals surface area (Å²) >= 11 is 0. The Kier molecular flexibility index (Phi) is 3.46. The number of rotatable bonds is 3. The van der Waals surface area contributed by atoms with Crippen molar-refractivity contribution in [1.82, 2.24) is 0 Å². The van der Waals surface area contributed by atoms with E-state index in [-0.39, 0.29) is 5.60 Å². The van der Waals surface area contributed by atoms with E-state index in [4.69, 9.17) is 17.4 Å². The summed E-state index contributed by atoms with van der Waals surface area (Å²) < 4.78 is 5.03. The minimum Gasteiger partial charge on any atom is -0.434 e. The van der Waals surface area contributed by atoms with Crippen LogP contribution in [0, 0.1) is 5.92 Å². The van der Waals surface area contributed by atoms with Crippen LogP contribution in [-0.4, -0.2) is 25.4 Å². The first-order valence-electron chi connectivity index (χ1n) is 3.47. The first-order chi connectivity index (χ1) is 4.36. The van der Waals surface area contributed by atoms with Crippen molar-refractivity contribution in [2.75, 3.05) is 0 Å². The molecule has 0 saturated carbocycles. The summed E-state index contributed by atoms with van der Waals surface area (Å²) in [5.74, 6) is 0.339. The van der Waals surface area contributed by atoms with Crippen LogP contribution in [0.2, 0.25) is 0 Å². The van der Waals surface area contributed by atoms with Crippen molar-refractivity contribution >= 4 is 14.7 Å². The first kappa shape index (κ1) is 10.0. The van der Waals surface area contributed by atoms with E-state index in [1.54, 1.807) is 0 Å². The van der Waals surface area contributed by atoms with Gasteiger partial charge in [-0.1, -0.05) is 13.8 Å². The molecule has 0 unspecified atom stereocenters. The van der Waals surface area contributed by atoms with E-state index in [2.05, 4.69) is 0 Å². The molecule has 4 heteroatoms. The molecule has 0 saturated heterocycles. The molecule has 0 aliphatic heterocycles. The third-order valence-corrected chi connectivity index (χ3v) is 1.81. The van der Waals surface area contributed by atoms with Gasteiger partial charge < -0.3 is 9.68 Å². The predicted molar refractivity (Wildman–Crippen MR) is 43.7 cm³/mol. The first-order valence-corrected chi connectivity index (χ1v) is 3.47. The maximum atomic E-state index is 8.69. The highest BCUT2D eigenvalue weighted by Crippen LogP contribution is 2.19. The van der Waals surface area contributed by atoms with Crippen LogP contribution in [0.4, 0.5) is 0 Å². The van der Waals surface area contributed by atoms with Gasteiger partial charge >= 0.3 is 7.01 Å². The zero-order chi connectivity index (χ0) is 8.36. The summed E-state index contributed by atoms with van der Waals surface area (Å²) in [6.45, 7) is 7.83. The van der Waals surface area contributed by atoms with Gasteiger partial charge in [-0.15, -0.1) is 0 Å². The van der Waals surface area contributed by atoms with Crippen molar-refractivity contribution < 1.29 is 9.68 Å². The second-order valence-electron chi connectivity index (χ2n) is 3.27. The Bertz CT molecular complexity index is 102. The summed E-state index contributed by atoms with van der Waals surface area (Å²) in [6, 6.07) is 0. The highest BCUT2D eigenvalue weighted by molar-refractivity contribution is 6.94. The molecule has 0 aromatic carbocycles. The van der Waals surface area contributed by atoms with E-state index in [9.17, 15) is 0 Å². The van der Waals surface area contributed by atoms with Crippen LogP contribution in [0.5, 0.6) is 0 Å². The molecule has 0 atom stereocenters. The molecule has 1 N–H and O–H groups in total. The molecule has 2 nitrogen and oxygen atoms in total. The van der Waals surface area contributed by atoms with E-state index in [1.165, 1.54) is 0 Å². The highest BCUT2D eigenvalue weighted by atomic mass is 16.5. The Balaban J connectivity index is 3.87. The SMILES string of the molecule is [B]B(O)OC(C)(C)C(C)C. The fourth-order valence-electron chi connectivity index (χ4n) is 0.447. The Labute approximate surface area is 64.5 Å². The molecule has 0 aromatic rings. The summed E-state index contributed by atoms with van der Waals surface area (Å²) in [5, 5.41) is 8.69. The Morgan fingerprint density at radius 2 is 1.90 bits per heavy atom. The van der Waals surface area contributed by atoms with Crippen LogP contribution in [0.3, 0.4) is 0 Å². The zero-order valence-electron chi connectivity index (χ0n) is 7.09. The molecule has 0 spiro atoms. The van der Waals surface area contributed by atoms with Crippen molar-refractivity contribution in [2.24, 2.45) is 5.92 Å². The largest absolute Gasteiger partial charge is 0.434 e. The Hall–Kier alpha value is 0.0499. The maximum absolute atomic E-state index is 8.69. The highest BCUT2D eigenvalue weighted by Gasteiger charge is 2.25. The van der Waals surface area contributed by atoms with Crippen molar-refractivity contribution in [3.8, 4) is 0 Å². The molecular weight excluding hydrogens is 126 g/mol. The summed E-state index contributed by atoms with van der Waals surface area (Å²) in [5.41, 5.74) is -0.353. The molecule has 56 valence electrons. The molecule has 0 aromatic heterocycles. The average molecular weight is 140 g/mol. The van der Waals surface area contributed by atoms with Crippen molar-refractivity contribution in [3.63, 3.8) is 0 Å². The van der Waals surface area contributed by atoms with Gasteiger partial charge in [0.05, 0.1) is 0 Å². The summed E-state index contributed by atoms with van der Waals surface area (Å²) in [7, 11) is 3.88. The smallest absolute Gasteiger partial charge is 0.384 e. The van der Waals surface area contributed by atoms with Crippen LogP contribution in [0.15, 0.2) is 0 Å². The Morgan fingerprint density at radius 1 is 1.50 bits per heavy atom. The van der Waals surface area contributed by atoms with Crippen LogP contribution in [0.1, 0.15) is 27.7 Å². The lowest BCUT2D eigenvalue weighted by atomic mass is 9.62. The quantitative estimate of drug-likeness (QED) is 0.580. The average Bonchev–Trinajstić information content (AvgIpc) is 1.60. The summed E-state index contributed by atoms with van der Waals surface area (Å²) in [6.07, 6.45) is 0. The fraction of sp³-hybridized carbons (Fsp3) is 1.00. The van der Waals surface area contributed by atoms with Crippen LogP contribution in [0.25, 0.3) is 0 Å². The van der Waals surface area contributed by atoms with Crippen LogP contribution >= 0.6 is 0 Å². The van der Waals surface area contributed by atoms with E-state index in [1.807, 2.05) is 27.7 Å². The standard InChI is InChI=1S/C6H14B2O2/c1-5(2)6(3,4)10-8(7)9/h5,9H,1-4H3. The monoisotopic (exact) mass is 140 g/mol. The molecule has 2 radical (unpaired) electrons. The minimum absolute atomic E-state index is 0.339. The van der Waals surface area contributed by atoms with Crippen LogP contribution in [-0.2, 0) is 4.65 Å². The molecule has 0 rings (SSSR count). The molecule has 0 heterocycles. The molecule has 0 bridgehead atoms. The summed E-state index contributed by atoms with van der Waals surface area (Å²) in [4.78, 5) is 0. The molecule has 0 amide bonds. The van der Waals surface area contributed by atoms with E-state index >= 15 is 0 Å². The van der Waals surface area contributed by atoms with E-state index < -0.39 is 7.01 Å². The minimum atomic E-state index is -1.17. The predicted octanol–water partition coefficient (Wildman–Crippen LogP) is 0.583. The van der Waals surface area contributed by atoms with E-state index in [0.717, 1.165) is 0 Å². The molecule has 0 fully saturated rings. The van der Waals surface area contributed by atoms with Gasteiger partial charge in [-0.3, -0.25) is 0 Å². The second-order valence-corrected chi connectivity index (χ2v) is 3.27. The topological polar surface area (TPSA) is 29.5 Å². The van der Waals surface area contributed by atoms with Crippen LogP contribution < -0.4 is 0 Å². The fourth-order valence-corrected chi connectivity index (χ4v) is 0.447. The van der Waals surface area contributed by atoms with Crippen molar-refractivity contribution in [3.05, 3.63) is 0 Å². The van der Waals surface area contributed by atoms with Gasteiger partial charge in [0.1, 0.15) is 7.74 Å². The number of hydrogen-bond acceptors (Lipinski definition) is 2. The van der Waals surface area contributed by atoms with Gasteiger partial charge in [0, 0.05) is 5.60 Å². The molecule has 0 aliphatic carbocycles. The van der Waals surface area contributed by atoms with Crippen molar-refractivity contribution in [1.29, 1.82) is 0 Å². The van der Waals surface area contributed by atoms with E-state index in [0.29, 0.717) is 5.92 Å². The van der Waals surface area contributed by atoms with Gasteiger partial charge in [-0.2, -0.15) is 0 Å². The normalized spacial score (nSPS) is 12.2. The molecular formula is C6H14B2O2. The lowest BCUT2D eigenvalue weighted by Gasteiger charge is -2.30. The lowest BCUT2D eigenvalue weighted by Crippen LogP contribution is -2.38. The van der Waals surface area contributed by atoms with Gasteiger partial charge in [0.15, 0.2) is 0 Å². The van der Waals surface area contributed by atoms with Gasteiger partial charge in [-0.05, 0) is 19.8 Å². The zero-order valence-corrected chi connectivity index (χ0v) is 7.09. The van der Waals surface area contributed by atoms with Crippen molar-refractivity contribution in [2.45, 2.75) is 33.3 Å². The third-order valence-electron chi connectivity index (χ3n) is 1.81.